The molecule has 0 spiro atoms. The third-order valence-electron chi connectivity index (χ3n) is 5.91. The van der Waals surface area contributed by atoms with Crippen molar-refractivity contribution in [3.63, 3.8) is 0 Å². The van der Waals surface area contributed by atoms with E-state index in [1.165, 1.54) is 64.2 Å². The van der Waals surface area contributed by atoms with E-state index in [0.717, 1.165) is 25.7 Å². The zero-order valence-corrected chi connectivity index (χ0v) is 21.3. The van der Waals surface area contributed by atoms with E-state index in [4.69, 9.17) is 4.74 Å². The van der Waals surface area contributed by atoms with Gasteiger partial charge in [0, 0.05) is 12.8 Å². The van der Waals surface area contributed by atoms with Gasteiger partial charge in [-0.25, -0.2) is 13.2 Å². The highest BCUT2D eigenvalue weighted by Crippen LogP contribution is 2.29. The molecular formula is C27H39F5O4. The minimum absolute atomic E-state index is 0.0498. The number of halogens is 5. The Morgan fingerprint density at radius 3 is 1.39 bits per heavy atom. The topological polar surface area (TPSA) is 52.6 Å². The van der Waals surface area contributed by atoms with E-state index >= 15 is 0 Å². The molecule has 206 valence electrons. The number of ether oxygens (including phenoxy) is 2. The average molecular weight is 523 g/mol. The third kappa shape index (κ3) is 12.7. The summed E-state index contributed by atoms with van der Waals surface area (Å²) in [5, 5.41) is 0. The van der Waals surface area contributed by atoms with E-state index < -0.39 is 53.2 Å². The molecule has 1 rings (SSSR count). The van der Waals surface area contributed by atoms with Gasteiger partial charge in [-0.05, 0) is 12.8 Å². The number of hydrogen-bond donors (Lipinski definition) is 0. The van der Waals surface area contributed by atoms with E-state index in [1.54, 1.807) is 0 Å². The van der Waals surface area contributed by atoms with Crippen LogP contribution < -0.4 is 4.74 Å². The third-order valence-corrected chi connectivity index (χ3v) is 5.91. The Balaban J connectivity index is 2.02. The molecule has 0 saturated heterocycles. The number of hydrogen-bond acceptors (Lipinski definition) is 4. The summed E-state index contributed by atoms with van der Waals surface area (Å²) < 4.78 is 75.7. The van der Waals surface area contributed by atoms with Gasteiger partial charge in [0.05, 0.1) is 6.61 Å². The highest BCUT2D eigenvalue weighted by Gasteiger charge is 2.28. The molecule has 1 aromatic rings. The van der Waals surface area contributed by atoms with Crippen LogP contribution in [0.15, 0.2) is 0 Å². The average Bonchev–Trinajstić information content (AvgIpc) is 2.86. The highest BCUT2D eigenvalue weighted by molar-refractivity contribution is 5.74. The second-order valence-electron chi connectivity index (χ2n) is 9.04. The maximum Gasteiger partial charge on any atom is 0.311 e. The molecule has 0 aromatic heterocycles. The standard InChI is InChI=1S/C27H39F5O4/c1-2-3-4-5-6-7-8-9-10-11-12-13-14-15-19-35-20(33)17-16-18-21(34)36-27-25(31)23(29)22(28)24(30)26(27)32/h2-19H2,1H3. The van der Waals surface area contributed by atoms with Gasteiger partial charge in [0.1, 0.15) is 0 Å². The molecule has 0 N–H and O–H groups in total. The molecule has 0 radical (unpaired) electrons. The van der Waals surface area contributed by atoms with Gasteiger partial charge in [0.25, 0.3) is 0 Å². The molecule has 1 aromatic carbocycles. The molecule has 0 aliphatic rings. The second kappa shape index (κ2) is 19.0. The number of benzene rings is 1. The van der Waals surface area contributed by atoms with Gasteiger partial charge >= 0.3 is 11.9 Å². The van der Waals surface area contributed by atoms with Crippen LogP contribution in [0.5, 0.6) is 5.75 Å². The molecule has 0 unspecified atom stereocenters. The van der Waals surface area contributed by atoms with Gasteiger partial charge < -0.3 is 9.47 Å². The van der Waals surface area contributed by atoms with E-state index in [1.807, 2.05) is 0 Å². The smallest absolute Gasteiger partial charge is 0.311 e. The number of carbonyl (C=O) groups is 2. The summed E-state index contributed by atoms with van der Waals surface area (Å²) in [6.07, 6.45) is 16.4. The molecule has 0 aliphatic carbocycles. The van der Waals surface area contributed by atoms with Crippen LogP contribution in [0.2, 0.25) is 0 Å². The number of rotatable bonds is 20. The normalized spacial score (nSPS) is 11.1. The van der Waals surface area contributed by atoms with Crippen LogP contribution in [0.1, 0.15) is 116 Å². The van der Waals surface area contributed by atoms with Crippen molar-refractivity contribution in [3.05, 3.63) is 29.1 Å². The lowest BCUT2D eigenvalue weighted by atomic mass is 10.0. The Bertz CT molecular complexity index is 772. The van der Waals surface area contributed by atoms with Crippen LogP contribution in [0.4, 0.5) is 22.0 Å². The Morgan fingerprint density at radius 2 is 0.917 bits per heavy atom. The molecule has 0 amide bonds. The fourth-order valence-corrected chi connectivity index (χ4v) is 3.77. The molecule has 0 bridgehead atoms. The summed E-state index contributed by atoms with van der Waals surface area (Å²) >= 11 is 0. The second-order valence-corrected chi connectivity index (χ2v) is 9.04. The van der Waals surface area contributed by atoms with Crippen molar-refractivity contribution < 1.29 is 41.0 Å². The lowest BCUT2D eigenvalue weighted by Crippen LogP contribution is -2.14. The molecule has 0 heterocycles. The fourth-order valence-electron chi connectivity index (χ4n) is 3.77. The van der Waals surface area contributed by atoms with Crippen molar-refractivity contribution in [2.75, 3.05) is 6.61 Å². The van der Waals surface area contributed by atoms with Gasteiger partial charge in [0.2, 0.25) is 34.8 Å². The SMILES string of the molecule is CCCCCCCCCCCCCCCCOC(=O)CCCC(=O)Oc1c(F)c(F)c(F)c(F)c1F. The van der Waals surface area contributed by atoms with Gasteiger partial charge in [-0.3, -0.25) is 9.59 Å². The largest absolute Gasteiger partial charge is 0.466 e. The minimum atomic E-state index is -2.34. The fraction of sp³-hybridized carbons (Fsp3) is 0.704. The molecule has 0 aliphatic heterocycles. The Morgan fingerprint density at radius 1 is 0.528 bits per heavy atom. The molecule has 0 atom stereocenters. The summed E-state index contributed by atoms with van der Waals surface area (Å²) in [5.41, 5.74) is 0. The zero-order valence-electron chi connectivity index (χ0n) is 21.3. The highest BCUT2D eigenvalue weighted by atomic mass is 19.2. The summed E-state index contributed by atoms with van der Waals surface area (Å²) in [6, 6.07) is 0. The molecule has 9 heteroatoms. The van der Waals surface area contributed by atoms with Crippen molar-refractivity contribution in [2.24, 2.45) is 0 Å². The first kappa shape index (κ1) is 31.8. The predicted molar refractivity (Wildman–Crippen MR) is 127 cm³/mol. The Kier molecular flexibility index (Phi) is 16.8. The first-order chi connectivity index (χ1) is 17.3. The summed E-state index contributed by atoms with van der Waals surface area (Å²) in [6.45, 7) is 2.50. The monoisotopic (exact) mass is 522 g/mol. The lowest BCUT2D eigenvalue weighted by Gasteiger charge is -2.09. The van der Waals surface area contributed by atoms with Crippen molar-refractivity contribution >= 4 is 11.9 Å². The summed E-state index contributed by atoms with van der Waals surface area (Å²) in [4.78, 5) is 23.4. The number of carbonyl (C=O) groups excluding carboxylic acids is 2. The molecule has 4 nitrogen and oxygen atoms in total. The first-order valence-electron chi connectivity index (χ1n) is 13.2. The van der Waals surface area contributed by atoms with Crippen molar-refractivity contribution in [1.29, 1.82) is 0 Å². The quantitative estimate of drug-likeness (QED) is 0.0430. The van der Waals surface area contributed by atoms with Crippen molar-refractivity contribution in [3.8, 4) is 5.75 Å². The van der Waals surface area contributed by atoms with E-state index in [-0.39, 0.29) is 19.4 Å². The van der Waals surface area contributed by atoms with E-state index in [9.17, 15) is 31.5 Å². The zero-order chi connectivity index (χ0) is 26.8. The number of esters is 2. The maximum atomic E-state index is 13.5. The molecule has 0 fully saturated rings. The minimum Gasteiger partial charge on any atom is -0.466 e. The molecule has 36 heavy (non-hydrogen) atoms. The van der Waals surface area contributed by atoms with Crippen molar-refractivity contribution in [1.82, 2.24) is 0 Å². The van der Waals surface area contributed by atoms with Gasteiger partial charge in [0.15, 0.2) is 0 Å². The lowest BCUT2D eigenvalue weighted by molar-refractivity contribution is -0.144. The predicted octanol–water partition coefficient (Wildman–Crippen LogP) is 8.48. The maximum absolute atomic E-state index is 13.5. The first-order valence-corrected chi connectivity index (χ1v) is 13.2. The Hall–Kier alpha value is -2.19. The van der Waals surface area contributed by atoms with Crippen LogP contribution in [-0.4, -0.2) is 18.5 Å². The van der Waals surface area contributed by atoms with Crippen LogP contribution in [0, 0.1) is 29.1 Å². The van der Waals surface area contributed by atoms with Crippen LogP contribution in [-0.2, 0) is 14.3 Å². The van der Waals surface area contributed by atoms with E-state index in [0.29, 0.717) is 0 Å². The van der Waals surface area contributed by atoms with Crippen LogP contribution in [0.25, 0.3) is 0 Å². The van der Waals surface area contributed by atoms with E-state index in [2.05, 4.69) is 11.7 Å². The molecule has 0 saturated carbocycles. The number of unbranched alkanes of at least 4 members (excludes halogenated alkanes) is 13. The van der Waals surface area contributed by atoms with Gasteiger partial charge in [-0.1, -0.05) is 90.4 Å². The Labute approximate surface area is 210 Å². The van der Waals surface area contributed by atoms with Crippen LogP contribution in [0.3, 0.4) is 0 Å². The summed E-state index contributed by atoms with van der Waals surface area (Å²) in [5.74, 6) is -14.6. The van der Waals surface area contributed by atoms with Gasteiger partial charge in [-0.15, -0.1) is 0 Å². The van der Waals surface area contributed by atoms with Crippen LogP contribution >= 0.6 is 0 Å². The molecular weight excluding hydrogens is 483 g/mol. The summed E-state index contributed by atoms with van der Waals surface area (Å²) in [7, 11) is 0. The van der Waals surface area contributed by atoms with Gasteiger partial charge in [-0.2, -0.15) is 8.78 Å². The van der Waals surface area contributed by atoms with Crippen molar-refractivity contribution in [2.45, 2.75) is 116 Å².